The van der Waals surface area contributed by atoms with Gasteiger partial charge in [0.1, 0.15) is 6.04 Å². The van der Waals surface area contributed by atoms with E-state index in [4.69, 9.17) is 16.6 Å². The lowest BCUT2D eigenvalue weighted by atomic mass is 10.1. The van der Waals surface area contributed by atoms with Crippen LogP contribution in [0.2, 0.25) is 5.02 Å². The highest BCUT2D eigenvalue weighted by Gasteiger charge is 2.42. The number of anilines is 1. The predicted molar refractivity (Wildman–Crippen MR) is 143 cm³/mol. The van der Waals surface area contributed by atoms with Crippen molar-refractivity contribution in [1.82, 2.24) is 14.3 Å². The monoisotopic (exact) mass is 540 g/mol. The van der Waals surface area contributed by atoms with E-state index in [1.807, 2.05) is 44.2 Å². The van der Waals surface area contributed by atoms with Crippen LogP contribution in [0.3, 0.4) is 0 Å². The van der Waals surface area contributed by atoms with Gasteiger partial charge < -0.3 is 0 Å². The second kappa shape index (κ2) is 9.89. The van der Waals surface area contributed by atoms with E-state index >= 15 is 0 Å². The molecule has 1 aliphatic heterocycles. The van der Waals surface area contributed by atoms with Crippen LogP contribution in [-0.2, 0) is 21.4 Å². The fourth-order valence-corrected chi connectivity index (χ4v) is 7.23. The van der Waals surface area contributed by atoms with E-state index in [0.29, 0.717) is 28.7 Å². The zero-order valence-electron chi connectivity index (χ0n) is 19.9. The molecule has 3 heterocycles. The van der Waals surface area contributed by atoms with Gasteiger partial charge in [-0.2, -0.15) is 4.31 Å². The summed E-state index contributed by atoms with van der Waals surface area (Å²) in [6.07, 6.45) is 2.71. The zero-order chi connectivity index (χ0) is 25.4. The Kier molecular flexibility index (Phi) is 6.82. The Balaban J connectivity index is 1.54. The number of aryl methyl sites for hydroxylation is 2. The van der Waals surface area contributed by atoms with Crippen LogP contribution in [0, 0.1) is 13.8 Å². The van der Waals surface area contributed by atoms with Crippen molar-refractivity contribution in [3.05, 3.63) is 82.6 Å². The first kappa shape index (κ1) is 24.8. The molecule has 0 spiro atoms. The normalized spacial score (nSPS) is 16.5. The van der Waals surface area contributed by atoms with Gasteiger partial charge in [0.05, 0.1) is 27.4 Å². The maximum absolute atomic E-state index is 14.1. The van der Waals surface area contributed by atoms with Crippen molar-refractivity contribution in [2.45, 2.75) is 44.2 Å². The lowest BCUT2D eigenvalue weighted by molar-refractivity contribution is -0.121. The molecule has 186 valence electrons. The highest BCUT2D eigenvalue weighted by atomic mass is 35.5. The van der Waals surface area contributed by atoms with Crippen LogP contribution >= 0.6 is 22.9 Å². The van der Waals surface area contributed by atoms with Gasteiger partial charge in [0.2, 0.25) is 15.9 Å². The number of amides is 1. The number of carbonyl (C=O) groups excluding carboxylic acids is 1. The second-order valence-corrected chi connectivity index (χ2v) is 12.2. The highest BCUT2D eigenvalue weighted by Crippen LogP contribution is 2.35. The molecular weight excluding hydrogens is 516 g/mol. The number of halogens is 1. The molecule has 36 heavy (non-hydrogen) atoms. The Bertz CT molecular complexity index is 1520. The lowest BCUT2D eigenvalue weighted by Gasteiger charge is -2.28. The van der Waals surface area contributed by atoms with Gasteiger partial charge in [-0.25, -0.2) is 13.4 Å². The maximum Gasteiger partial charge on any atom is 0.247 e. The number of rotatable bonds is 6. The molecule has 0 radical (unpaired) electrons. The minimum Gasteiger partial charge on any atom is -0.281 e. The molecule has 0 saturated carbocycles. The number of nitrogens with zero attached hydrogens (tertiary/aromatic N) is 4. The van der Waals surface area contributed by atoms with E-state index in [9.17, 15) is 13.2 Å². The first-order chi connectivity index (χ1) is 17.3. The summed E-state index contributed by atoms with van der Waals surface area (Å²) < 4.78 is 29.3. The molecule has 7 nitrogen and oxygen atoms in total. The molecule has 2 aromatic carbocycles. The first-order valence-corrected chi connectivity index (χ1v) is 14.2. The lowest BCUT2D eigenvalue weighted by Crippen LogP contribution is -2.47. The third kappa shape index (κ3) is 4.64. The zero-order valence-corrected chi connectivity index (χ0v) is 22.3. The smallest absolute Gasteiger partial charge is 0.247 e. The molecule has 4 aromatic rings. The summed E-state index contributed by atoms with van der Waals surface area (Å²) in [4.78, 5) is 25.0. The fourth-order valence-electron chi connectivity index (χ4n) is 4.42. The van der Waals surface area contributed by atoms with Gasteiger partial charge >= 0.3 is 0 Å². The van der Waals surface area contributed by atoms with Gasteiger partial charge in [-0.05, 0) is 80.3 Å². The minimum absolute atomic E-state index is 0.119. The molecule has 0 aliphatic carbocycles. The van der Waals surface area contributed by atoms with Crippen molar-refractivity contribution in [2.75, 3.05) is 11.4 Å². The molecule has 1 atom stereocenters. The van der Waals surface area contributed by atoms with Crippen LogP contribution in [0.1, 0.15) is 29.7 Å². The average molecular weight is 541 g/mol. The first-order valence-electron chi connectivity index (χ1n) is 11.6. The molecule has 2 aromatic heterocycles. The Labute approximate surface area is 219 Å². The highest BCUT2D eigenvalue weighted by molar-refractivity contribution is 7.89. The van der Waals surface area contributed by atoms with Gasteiger partial charge in [-0.1, -0.05) is 35.1 Å². The number of carbonyl (C=O) groups is 1. The van der Waals surface area contributed by atoms with Gasteiger partial charge in [0.15, 0.2) is 5.13 Å². The van der Waals surface area contributed by atoms with Crippen molar-refractivity contribution in [3.63, 3.8) is 0 Å². The maximum atomic E-state index is 14.1. The fraction of sp³-hybridized carbons (Fsp3) is 0.269. The van der Waals surface area contributed by atoms with Gasteiger partial charge in [-0.3, -0.25) is 14.7 Å². The van der Waals surface area contributed by atoms with Crippen LogP contribution in [0.25, 0.3) is 10.2 Å². The van der Waals surface area contributed by atoms with E-state index in [1.54, 1.807) is 23.2 Å². The summed E-state index contributed by atoms with van der Waals surface area (Å²) in [7, 11) is -3.88. The topological polar surface area (TPSA) is 83.5 Å². The summed E-state index contributed by atoms with van der Waals surface area (Å²) in [5.41, 5.74) is 3.74. The molecule has 0 bridgehead atoms. The number of pyridine rings is 1. The molecule has 1 fully saturated rings. The predicted octanol–water partition coefficient (Wildman–Crippen LogP) is 5.35. The Morgan fingerprint density at radius 1 is 1.14 bits per heavy atom. The number of hydrogen-bond acceptors (Lipinski definition) is 6. The third-order valence-electron chi connectivity index (χ3n) is 6.53. The van der Waals surface area contributed by atoms with Gasteiger partial charge in [-0.15, -0.1) is 0 Å². The number of hydrogen-bond donors (Lipinski definition) is 0. The number of benzene rings is 2. The molecule has 1 unspecified atom stereocenters. The van der Waals surface area contributed by atoms with Crippen molar-refractivity contribution in [3.8, 4) is 0 Å². The minimum atomic E-state index is -3.88. The largest absolute Gasteiger partial charge is 0.281 e. The van der Waals surface area contributed by atoms with Gasteiger partial charge in [0.25, 0.3) is 0 Å². The summed E-state index contributed by atoms with van der Waals surface area (Å²) >= 11 is 7.39. The van der Waals surface area contributed by atoms with Crippen LogP contribution in [0.4, 0.5) is 5.13 Å². The molecule has 5 rings (SSSR count). The number of fused-ring (bicyclic) bond motifs is 1. The van der Waals surface area contributed by atoms with E-state index in [2.05, 4.69) is 4.98 Å². The molecule has 1 saturated heterocycles. The van der Waals surface area contributed by atoms with E-state index in [0.717, 1.165) is 21.3 Å². The number of sulfonamides is 1. The van der Waals surface area contributed by atoms with E-state index in [1.165, 1.54) is 27.8 Å². The molecule has 1 amide bonds. The summed E-state index contributed by atoms with van der Waals surface area (Å²) in [6, 6.07) is 14.8. The molecule has 1 aliphatic rings. The Hall–Kier alpha value is -2.85. The van der Waals surface area contributed by atoms with Crippen LogP contribution < -0.4 is 4.90 Å². The van der Waals surface area contributed by atoms with Crippen molar-refractivity contribution in [1.29, 1.82) is 0 Å². The van der Waals surface area contributed by atoms with Crippen molar-refractivity contribution >= 4 is 54.2 Å². The molecular formula is C26H25ClN4O3S2. The third-order valence-corrected chi connectivity index (χ3v) is 9.74. The SMILES string of the molecule is Cc1ccc2sc(N(Cc3ccccn3)C(=O)C3CCCN3S(=O)(=O)c3ccc(Cl)cc3)nc2c1C. The van der Waals surface area contributed by atoms with E-state index in [-0.39, 0.29) is 23.9 Å². The Morgan fingerprint density at radius 3 is 2.64 bits per heavy atom. The average Bonchev–Trinajstić information content (AvgIpc) is 3.54. The van der Waals surface area contributed by atoms with Crippen LogP contribution in [0.5, 0.6) is 0 Å². The molecule has 10 heteroatoms. The Morgan fingerprint density at radius 2 is 1.92 bits per heavy atom. The van der Waals surface area contributed by atoms with Crippen LogP contribution in [-0.4, -0.2) is 41.2 Å². The number of aromatic nitrogens is 2. The van der Waals surface area contributed by atoms with Gasteiger partial charge in [0, 0.05) is 17.8 Å². The standard InChI is InChI=1S/C26H25ClN4O3S2/c1-17-8-13-23-24(18(17)2)29-26(35-23)30(16-20-6-3-4-14-28-20)25(32)22-7-5-15-31(22)36(33,34)21-11-9-19(27)10-12-21/h3-4,6,8-14,22H,5,7,15-16H2,1-2H3. The van der Waals surface area contributed by atoms with E-state index < -0.39 is 16.1 Å². The van der Waals surface area contributed by atoms with Crippen molar-refractivity contribution in [2.24, 2.45) is 0 Å². The number of thiazole rings is 1. The quantitative estimate of drug-likeness (QED) is 0.329. The van der Waals surface area contributed by atoms with Crippen molar-refractivity contribution < 1.29 is 13.2 Å². The van der Waals surface area contributed by atoms with Crippen LogP contribution in [0.15, 0.2) is 65.7 Å². The molecule has 0 N–H and O–H groups in total. The second-order valence-electron chi connectivity index (χ2n) is 8.82. The summed E-state index contributed by atoms with van der Waals surface area (Å²) in [6.45, 7) is 4.52. The summed E-state index contributed by atoms with van der Waals surface area (Å²) in [5, 5.41) is 0.982. The summed E-state index contributed by atoms with van der Waals surface area (Å²) in [5.74, 6) is -0.302.